The Labute approximate surface area is 229 Å². The van der Waals surface area contributed by atoms with Gasteiger partial charge in [0, 0.05) is 44.3 Å². The number of nitrogens with one attached hydrogen (secondary N) is 1. The summed E-state index contributed by atoms with van der Waals surface area (Å²) in [7, 11) is -3.28. The van der Waals surface area contributed by atoms with Crippen LogP contribution in [0.25, 0.3) is 11.1 Å². The minimum Gasteiger partial charge on any atom is -0.340 e. The molecule has 7 heteroatoms. The normalized spacial score (nSPS) is 17.8. The van der Waals surface area contributed by atoms with Crippen LogP contribution in [-0.2, 0) is 21.4 Å². The molecule has 1 saturated carbocycles. The molecular weight excluding hydrogens is 494 g/mol. The largest absolute Gasteiger partial charge is 0.340 e. The first-order chi connectivity index (χ1) is 18.3. The van der Waals surface area contributed by atoms with Gasteiger partial charge >= 0.3 is 0 Å². The summed E-state index contributed by atoms with van der Waals surface area (Å²) in [6.45, 7) is 6.05. The highest BCUT2D eigenvalue weighted by Crippen LogP contribution is 2.29. The van der Waals surface area contributed by atoms with Gasteiger partial charge in [-0.3, -0.25) is 14.4 Å². The number of unbranched alkanes of at least 4 members (excludes halogenated alkanes) is 1. The van der Waals surface area contributed by atoms with E-state index >= 15 is 0 Å². The van der Waals surface area contributed by atoms with Crippen LogP contribution in [0, 0.1) is 5.92 Å². The minimum atomic E-state index is -3.28. The molecule has 1 aliphatic heterocycles. The number of piperidine rings is 1. The highest BCUT2D eigenvalue weighted by molar-refractivity contribution is 7.92. The zero-order chi connectivity index (χ0) is 27.0. The Morgan fingerprint density at radius 2 is 1.68 bits per heavy atom. The van der Waals surface area contributed by atoms with Crippen molar-refractivity contribution in [3.05, 3.63) is 54.1 Å². The lowest BCUT2D eigenvalue weighted by atomic mass is 9.86. The van der Waals surface area contributed by atoms with Gasteiger partial charge in [-0.05, 0) is 72.9 Å². The number of hydrogen-bond acceptors (Lipinski definition) is 4. The van der Waals surface area contributed by atoms with Crippen molar-refractivity contribution < 1.29 is 13.2 Å². The molecule has 0 bridgehead atoms. The molecule has 1 amide bonds. The van der Waals surface area contributed by atoms with Crippen molar-refractivity contribution in [3.63, 3.8) is 0 Å². The second-order valence-electron chi connectivity index (χ2n) is 11.3. The van der Waals surface area contributed by atoms with Crippen LogP contribution in [0.2, 0.25) is 0 Å². The molecule has 0 atom stereocenters. The summed E-state index contributed by atoms with van der Waals surface area (Å²) < 4.78 is 25.5. The van der Waals surface area contributed by atoms with Gasteiger partial charge in [0.2, 0.25) is 15.9 Å². The lowest BCUT2D eigenvalue weighted by molar-refractivity contribution is -0.136. The Bertz CT molecular complexity index is 1140. The molecule has 2 aromatic carbocycles. The maximum absolute atomic E-state index is 13.3. The molecule has 1 heterocycles. The van der Waals surface area contributed by atoms with Crippen LogP contribution in [0.5, 0.6) is 0 Å². The molecule has 0 aromatic heterocycles. The third-order valence-electron chi connectivity index (χ3n) is 8.11. The average Bonchev–Trinajstić information content (AvgIpc) is 2.90. The van der Waals surface area contributed by atoms with Crippen molar-refractivity contribution >= 4 is 21.6 Å². The number of hydrogen-bond donors (Lipinski definition) is 1. The minimum absolute atomic E-state index is 0.374. The Hall–Kier alpha value is -2.38. The van der Waals surface area contributed by atoms with E-state index in [9.17, 15) is 13.2 Å². The number of rotatable bonds is 11. The second-order valence-corrected chi connectivity index (χ2v) is 13.1. The summed E-state index contributed by atoms with van der Waals surface area (Å²) in [5.74, 6) is 0.995. The molecule has 0 spiro atoms. The zero-order valence-corrected chi connectivity index (χ0v) is 24.0. The molecule has 4 rings (SSSR count). The Kier molecular flexibility index (Phi) is 10.3. The number of amides is 1. The number of benzene rings is 2. The number of anilines is 1. The van der Waals surface area contributed by atoms with Crippen molar-refractivity contribution in [1.82, 2.24) is 9.80 Å². The molecule has 38 heavy (non-hydrogen) atoms. The lowest BCUT2D eigenvalue weighted by Crippen LogP contribution is -2.48. The van der Waals surface area contributed by atoms with E-state index < -0.39 is 10.0 Å². The van der Waals surface area contributed by atoms with Gasteiger partial charge in [-0.15, -0.1) is 0 Å². The van der Waals surface area contributed by atoms with Crippen molar-refractivity contribution in [1.29, 1.82) is 0 Å². The van der Waals surface area contributed by atoms with Crippen LogP contribution in [0.15, 0.2) is 48.5 Å². The average molecular weight is 540 g/mol. The van der Waals surface area contributed by atoms with E-state index in [0.717, 1.165) is 75.7 Å². The predicted octanol–water partition coefficient (Wildman–Crippen LogP) is 6.29. The van der Waals surface area contributed by atoms with Gasteiger partial charge in [0.15, 0.2) is 0 Å². The summed E-state index contributed by atoms with van der Waals surface area (Å²) in [5.41, 5.74) is 4.03. The molecule has 208 valence electrons. The van der Waals surface area contributed by atoms with Crippen molar-refractivity contribution in [2.24, 2.45) is 5.92 Å². The summed E-state index contributed by atoms with van der Waals surface area (Å²) in [6, 6.07) is 16.5. The topological polar surface area (TPSA) is 69.7 Å². The third kappa shape index (κ3) is 8.57. The van der Waals surface area contributed by atoms with E-state index in [4.69, 9.17) is 0 Å². The summed E-state index contributed by atoms with van der Waals surface area (Å²) in [6.07, 6.45) is 12.6. The fourth-order valence-corrected chi connectivity index (χ4v) is 6.60. The lowest BCUT2D eigenvalue weighted by Gasteiger charge is -2.39. The van der Waals surface area contributed by atoms with Gasteiger partial charge in [0.25, 0.3) is 0 Å². The van der Waals surface area contributed by atoms with E-state index in [-0.39, 0.29) is 0 Å². The van der Waals surface area contributed by atoms with E-state index in [1.165, 1.54) is 37.7 Å². The van der Waals surface area contributed by atoms with E-state index in [0.29, 0.717) is 23.6 Å². The molecule has 2 aromatic rings. The molecule has 6 nitrogen and oxygen atoms in total. The Morgan fingerprint density at radius 3 is 2.34 bits per heavy atom. The van der Waals surface area contributed by atoms with Crippen LogP contribution in [-0.4, -0.2) is 56.1 Å². The molecule has 1 saturated heterocycles. The quantitative estimate of drug-likeness (QED) is 0.364. The van der Waals surface area contributed by atoms with Crippen molar-refractivity contribution in [2.75, 3.05) is 30.6 Å². The fraction of sp³-hybridized carbons (Fsp3) is 0.581. The Balaban J connectivity index is 1.32. The predicted molar refractivity (Wildman–Crippen MR) is 156 cm³/mol. The van der Waals surface area contributed by atoms with Gasteiger partial charge < -0.3 is 4.90 Å². The first-order valence-electron chi connectivity index (χ1n) is 14.5. The number of sulfonamides is 1. The molecule has 1 aliphatic carbocycles. The second kappa shape index (κ2) is 13.6. The van der Waals surface area contributed by atoms with Crippen LogP contribution in [0.1, 0.15) is 76.7 Å². The molecular formula is C31H45N3O3S. The number of carbonyl (C=O) groups excluding carboxylic acids is 1. The van der Waals surface area contributed by atoms with Gasteiger partial charge in [0.05, 0.1) is 6.26 Å². The molecule has 1 N–H and O–H groups in total. The van der Waals surface area contributed by atoms with Gasteiger partial charge in [-0.2, -0.15) is 0 Å². The van der Waals surface area contributed by atoms with Crippen molar-refractivity contribution in [3.8, 4) is 11.1 Å². The smallest absolute Gasteiger partial charge is 0.229 e. The summed E-state index contributed by atoms with van der Waals surface area (Å²) in [4.78, 5) is 18.1. The fourth-order valence-electron chi connectivity index (χ4n) is 6.04. The van der Waals surface area contributed by atoms with Crippen LogP contribution < -0.4 is 4.72 Å². The van der Waals surface area contributed by atoms with Gasteiger partial charge in [-0.1, -0.05) is 62.9 Å². The highest BCUT2D eigenvalue weighted by Gasteiger charge is 2.29. The zero-order valence-electron chi connectivity index (χ0n) is 23.2. The van der Waals surface area contributed by atoms with Crippen LogP contribution in [0.4, 0.5) is 5.69 Å². The highest BCUT2D eigenvalue weighted by atomic mass is 32.2. The maximum atomic E-state index is 13.3. The van der Waals surface area contributed by atoms with Crippen LogP contribution in [0.3, 0.4) is 0 Å². The standard InChI is InChI=1S/C31H45N3O3S/c1-3-4-19-34(31(35)23-25-9-6-5-7-10-25)30-17-20-33(21-18-30)24-26-11-8-12-28(22-26)27-13-15-29(16-14-27)32-38(2,36)37/h8,11-16,22,25,30,32H,3-7,9-10,17-21,23-24H2,1-2H3. The molecule has 0 unspecified atom stereocenters. The van der Waals surface area contributed by atoms with Crippen LogP contribution >= 0.6 is 0 Å². The van der Waals surface area contributed by atoms with E-state index in [2.05, 4.69) is 45.7 Å². The summed E-state index contributed by atoms with van der Waals surface area (Å²) >= 11 is 0. The van der Waals surface area contributed by atoms with E-state index in [1.807, 2.05) is 12.1 Å². The maximum Gasteiger partial charge on any atom is 0.229 e. The third-order valence-corrected chi connectivity index (χ3v) is 8.72. The monoisotopic (exact) mass is 539 g/mol. The first-order valence-corrected chi connectivity index (χ1v) is 16.4. The SMILES string of the molecule is CCCCN(C(=O)CC1CCCCC1)C1CCN(Cc2cccc(-c3ccc(NS(C)(=O)=O)cc3)c2)CC1. The van der Waals surface area contributed by atoms with Crippen molar-refractivity contribution in [2.45, 2.75) is 83.7 Å². The molecule has 2 fully saturated rings. The summed E-state index contributed by atoms with van der Waals surface area (Å²) in [5, 5.41) is 0. The molecule has 2 aliphatic rings. The first kappa shape index (κ1) is 28.6. The number of likely N-dealkylation sites (tertiary alicyclic amines) is 1. The van der Waals surface area contributed by atoms with Gasteiger partial charge in [-0.25, -0.2) is 8.42 Å². The number of nitrogens with zero attached hydrogens (tertiary/aromatic N) is 2. The Morgan fingerprint density at radius 1 is 0.974 bits per heavy atom. The van der Waals surface area contributed by atoms with E-state index in [1.54, 1.807) is 12.1 Å². The number of carbonyl (C=O) groups is 1. The van der Waals surface area contributed by atoms with Gasteiger partial charge in [0.1, 0.15) is 0 Å². The molecule has 0 radical (unpaired) electrons.